The molecule has 19 heavy (non-hydrogen) atoms. The van der Waals surface area contributed by atoms with Crippen molar-refractivity contribution < 1.29 is 14.7 Å². The van der Waals surface area contributed by atoms with Crippen molar-refractivity contribution in [3.63, 3.8) is 0 Å². The van der Waals surface area contributed by atoms with Gasteiger partial charge in [-0.2, -0.15) is 0 Å². The van der Waals surface area contributed by atoms with Crippen molar-refractivity contribution in [3.05, 3.63) is 18.2 Å². The summed E-state index contributed by atoms with van der Waals surface area (Å²) in [6.07, 6.45) is 6.07. The van der Waals surface area contributed by atoms with Crippen molar-refractivity contribution in [2.75, 3.05) is 6.54 Å². The molecule has 2 amide bonds. The summed E-state index contributed by atoms with van der Waals surface area (Å²) >= 11 is 0. The van der Waals surface area contributed by atoms with Crippen molar-refractivity contribution in [2.45, 2.75) is 38.3 Å². The van der Waals surface area contributed by atoms with Gasteiger partial charge in [-0.25, -0.2) is 14.6 Å². The molecule has 0 bridgehead atoms. The molecular formula is C12H18N4O3. The predicted molar refractivity (Wildman–Crippen MR) is 68.0 cm³/mol. The lowest BCUT2D eigenvalue weighted by Crippen LogP contribution is -2.54. The molecule has 7 heteroatoms. The number of rotatable bonds is 5. The van der Waals surface area contributed by atoms with Crippen molar-refractivity contribution in [1.82, 2.24) is 20.2 Å². The number of hydrogen-bond donors (Lipinski definition) is 3. The summed E-state index contributed by atoms with van der Waals surface area (Å²) in [6.45, 7) is 2.95. The Morgan fingerprint density at radius 2 is 2.26 bits per heavy atom. The number of imidazole rings is 1. The number of carbonyl (C=O) groups is 2. The Morgan fingerprint density at radius 3 is 2.79 bits per heavy atom. The van der Waals surface area contributed by atoms with E-state index in [0.29, 0.717) is 13.1 Å². The van der Waals surface area contributed by atoms with E-state index in [9.17, 15) is 9.59 Å². The Labute approximate surface area is 111 Å². The van der Waals surface area contributed by atoms with Gasteiger partial charge in [0.15, 0.2) is 5.69 Å². The number of carboxylic acids is 1. The second kappa shape index (κ2) is 5.29. The molecule has 1 aromatic rings. The summed E-state index contributed by atoms with van der Waals surface area (Å²) in [5.41, 5.74) is -0.0540. The van der Waals surface area contributed by atoms with Crippen LogP contribution < -0.4 is 10.6 Å². The Balaban J connectivity index is 1.70. The number of aromatic nitrogens is 2. The minimum absolute atomic E-state index is 0.00595. The van der Waals surface area contributed by atoms with Crippen molar-refractivity contribution in [3.8, 4) is 0 Å². The number of aromatic carboxylic acids is 1. The van der Waals surface area contributed by atoms with Gasteiger partial charge in [-0.3, -0.25) is 0 Å². The van der Waals surface area contributed by atoms with Gasteiger partial charge in [0, 0.05) is 24.8 Å². The number of hydrogen-bond acceptors (Lipinski definition) is 3. The molecule has 1 heterocycles. The van der Waals surface area contributed by atoms with Gasteiger partial charge in [-0.05, 0) is 26.2 Å². The maximum atomic E-state index is 11.6. The molecular weight excluding hydrogens is 248 g/mol. The van der Waals surface area contributed by atoms with E-state index in [2.05, 4.69) is 15.6 Å². The molecule has 1 aliphatic carbocycles. The number of nitrogens with zero attached hydrogens (tertiary/aromatic N) is 2. The van der Waals surface area contributed by atoms with Crippen LogP contribution in [-0.2, 0) is 6.54 Å². The number of amides is 2. The van der Waals surface area contributed by atoms with Crippen LogP contribution in [-0.4, -0.2) is 38.7 Å². The topological polar surface area (TPSA) is 96.3 Å². The highest BCUT2D eigenvalue weighted by molar-refractivity contribution is 5.84. The van der Waals surface area contributed by atoms with E-state index in [1.54, 1.807) is 4.57 Å². The molecule has 0 saturated heterocycles. The molecule has 1 saturated carbocycles. The lowest BCUT2D eigenvalue weighted by molar-refractivity contribution is 0.0691. The lowest BCUT2D eigenvalue weighted by Gasteiger charge is -2.39. The van der Waals surface area contributed by atoms with Crippen LogP contribution in [0.5, 0.6) is 0 Å². The summed E-state index contributed by atoms with van der Waals surface area (Å²) in [4.78, 5) is 26.0. The van der Waals surface area contributed by atoms with Gasteiger partial charge in [0.05, 0.1) is 6.33 Å². The fourth-order valence-electron chi connectivity index (χ4n) is 2.04. The van der Waals surface area contributed by atoms with Crippen LogP contribution in [0.1, 0.15) is 36.7 Å². The average molecular weight is 266 g/mol. The normalized spacial score (nSPS) is 16.5. The summed E-state index contributed by atoms with van der Waals surface area (Å²) in [6, 6.07) is -0.180. The maximum Gasteiger partial charge on any atom is 0.356 e. The first-order chi connectivity index (χ1) is 8.98. The number of urea groups is 1. The third-order valence-corrected chi connectivity index (χ3v) is 3.38. The highest BCUT2D eigenvalue weighted by Crippen LogP contribution is 2.30. The fourth-order valence-corrected chi connectivity index (χ4v) is 2.04. The number of carbonyl (C=O) groups excluding carboxylic acids is 1. The van der Waals surface area contributed by atoms with Gasteiger partial charge in [0.25, 0.3) is 0 Å². The molecule has 1 aliphatic rings. The van der Waals surface area contributed by atoms with Crippen molar-refractivity contribution in [2.24, 2.45) is 0 Å². The average Bonchev–Trinajstić information content (AvgIpc) is 2.76. The van der Waals surface area contributed by atoms with E-state index in [4.69, 9.17) is 5.11 Å². The Kier molecular flexibility index (Phi) is 3.73. The first-order valence-corrected chi connectivity index (χ1v) is 6.30. The molecule has 0 spiro atoms. The van der Waals surface area contributed by atoms with Crippen LogP contribution in [0.4, 0.5) is 4.79 Å². The Morgan fingerprint density at radius 1 is 1.53 bits per heavy atom. The largest absolute Gasteiger partial charge is 0.476 e. The van der Waals surface area contributed by atoms with Crippen LogP contribution in [0, 0.1) is 0 Å². The summed E-state index contributed by atoms with van der Waals surface area (Å²) in [5.74, 6) is -1.05. The van der Waals surface area contributed by atoms with Gasteiger partial charge in [0.1, 0.15) is 0 Å². The second-order valence-corrected chi connectivity index (χ2v) is 5.10. The minimum atomic E-state index is -1.05. The van der Waals surface area contributed by atoms with E-state index in [0.717, 1.165) is 19.3 Å². The SMILES string of the molecule is CC1(NC(=O)NCCn2cnc(C(=O)O)c2)CCC1. The van der Waals surface area contributed by atoms with Gasteiger partial charge < -0.3 is 20.3 Å². The molecule has 0 radical (unpaired) electrons. The quantitative estimate of drug-likeness (QED) is 0.735. The first-order valence-electron chi connectivity index (χ1n) is 6.30. The molecule has 0 atom stereocenters. The summed E-state index contributed by atoms with van der Waals surface area (Å²) in [7, 11) is 0. The lowest BCUT2D eigenvalue weighted by atomic mass is 9.79. The molecule has 1 aromatic heterocycles. The zero-order valence-corrected chi connectivity index (χ0v) is 10.8. The molecule has 1 fully saturated rings. The summed E-state index contributed by atoms with van der Waals surface area (Å²) in [5, 5.41) is 14.4. The van der Waals surface area contributed by atoms with Gasteiger partial charge in [-0.15, -0.1) is 0 Å². The fraction of sp³-hybridized carbons (Fsp3) is 0.583. The standard InChI is InChI=1S/C12H18N4O3/c1-12(3-2-4-12)15-11(19)13-5-6-16-7-9(10(17)18)14-8-16/h7-8H,2-6H2,1H3,(H,17,18)(H2,13,15,19). The summed E-state index contributed by atoms with van der Waals surface area (Å²) < 4.78 is 1.63. The van der Waals surface area contributed by atoms with Crippen LogP contribution in [0.15, 0.2) is 12.5 Å². The highest BCUT2D eigenvalue weighted by atomic mass is 16.4. The van der Waals surface area contributed by atoms with Gasteiger partial charge in [-0.1, -0.05) is 0 Å². The van der Waals surface area contributed by atoms with Crippen LogP contribution in [0.3, 0.4) is 0 Å². The molecule has 2 rings (SSSR count). The molecule has 0 aromatic carbocycles. The highest BCUT2D eigenvalue weighted by Gasteiger charge is 2.32. The zero-order valence-electron chi connectivity index (χ0n) is 10.8. The van der Waals surface area contributed by atoms with E-state index in [-0.39, 0.29) is 17.3 Å². The number of carboxylic acid groups (broad SMARTS) is 1. The van der Waals surface area contributed by atoms with Crippen molar-refractivity contribution in [1.29, 1.82) is 0 Å². The smallest absolute Gasteiger partial charge is 0.356 e. The molecule has 7 nitrogen and oxygen atoms in total. The van der Waals surface area contributed by atoms with E-state index < -0.39 is 5.97 Å². The maximum absolute atomic E-state index is 11.6. The van der Waals surface area contributed by atoms with Crippen LogP contribution in [0.25, 0.3) is 0 Å². The van der Waals surface area contributed by atoms with Gasteiger partial charge in [0.2, 0.25) is 0 Å². The molecule has 0 aliphatic heterocycles. The number of nitrogens with one attached hydrogen (secondary N) is 2. The van der Waals surface area contributed by atoms with E-state index in [1.807, 2.05) is 6.92 Å². The predicted octanol–water partition coefficient (Wildman–Crippen LogP) is 0.823. The van der Waals surface area contributed by atoms with E-state index in [1.165, 1.54) is 12.5 Å². The third-order valence-electron chi connectivity index (χ3n) is 3.38. The first kappa shape index (κ1) is 13.4. The molecule has 0 unspecified atom stereocenters. The monoisotopic (exact) mass is 266 g/mol. The molecule has 3 N–H and O–H groups in total. The minimum Gasteiger partial charge on any atom is -0.476 e. The third kappa shape index (κ3) is 3.46. The van der Waals surface area contributed by atoms with Crippen LogP contribution in [0.2, 0.25) is 0 Å². The second-order valence-electron chi connectivity index (χ2n) is 5.10. The van der Waals surface area contributed by atoms with Crippen LogP contribution >= 0.6 is 0 Å². The Hall–Kier alpha value is -2.05. The van der Waals surface area contributed by atoms with E-state index >= 15 is 0 Å². The zero-order chi connectivity index (χ0) is 13.9. The molecule has 104 valence electrons. The Bertz CT molecular complexity index is 479. The van der Waals surface area contributed by atoms with Gasteiger partial charge >= 0.3 is 12.0 Å². The van der Waals surface area contributed by atoms with Crippen molar-refractivity contribution >= 4 is 12.0 Å².